The lowest BCUT2D eigenvalue weighted by atomic mass is 10.0. The predicted molar refractivity (Wildman–Crippen MR) is 224 cm³/mol. The third kappa shape index (κ3) is 8.04. The normalized spacial score (nSPS) is 17.1. The van der Waals surface area contributed by atoms with E-state index < -0.39 is 107 Å². The number of fused-ring (bicyclic) bond motifs is 5. The first-order valence-corrected chi connectivity index (χ1v) is 22.4. The second-order valence-corrected chi connectivity index (χ2v) is 18.5. The number of nitrogens with zero attached hydrogens (tertiary/aromatic N) is 8. The quantitative estimate of drug-likeness (QED) is 0.104. The standard InChI is InChI=1S/C42H35ClF8N10O4S/c1-4-41(48,49)18-59-10-9-27(54-59)20-5-6-23-28(14-20)53-39(61(40(23)63)30-8-7-26(43)33-35(30)58(2)56-38(33)57-66(3,64)65)29(13-19-11-21(44)15-22(45)12-19)52-31(62)17-60-36-32(34(55-60)37(46)47)24-16-25(24)42(36,50)51/h5-12,14-15,24-25,29,37H,4,13,16-18H2,1-3H3,(H,52,62)(H,56,57)/t24-,25+,29-/m0/s1. The fourth-order valence-electron chi connectivity index (χ4n) is 8.69. The number of sulfonamides is 1. The van der Waals surface area contributed by atoms with Gasteiger partial charge in [0.25, 0.3) is 23.8 Å². The summed E-state index contributed by atoms with van der Waals surface area (Å²) in [5.41, 5.74) is -2.48. The molecule has 0 aliphatic heterocycles. The molecule has 0 spiro atoms. The molecule has 1 amide bonds. The van der Waals surface area contributed by atoms with Gasteiger partial charge in [-0.3, -0.25) is 32.9 Å². The van der Waals surface area contributed by atoms with Crippen LogP contribution in [0.25, 0.3) is 38.8 Å². The molecule has 24 heteroatoms. The van der Waals surface area contributed by atoms with E-state index in [9.17, 15) is 39.6 Å². The molecule has 3 aromatic carbocycles. The number of hydrogen-bond acceptors (Lipinski definition) is 8. The first-order valence-electron chi connectivity index (χ1n) is 20.2. The highest BCUT2D eigenvalue weighted by Gasteiger charge is 2.67. The topological polar surface area (TPSA) is 164 Å². The summed E-state index contributed by atoms with van der Waals surface area (Å²) in [7, 11) is -2.54. The molecule has 4 heterocycles. The highest BCUT2D eigenvalue weighted by molar-refractivity contribution is 7.92. The summed E-state index contributed by atoms with van der Waals surface area (Å²) in [5, 5.41) is 14.8. The van der Waals surface area contributed by atoms with Crippen molar-refractivity contribution in [3.05, 3.63) is 116 Å². The number of aromatic nitrogens is 8. The summed E-state index contributed by atoms with van der Waals surface area (Å²) in [6, 6.07) is 9.31. The summed E-state index contributed by atoms with van der Waals surface area (Å²) in [4.78, 5) is 34.1. The minimum absolute atomic E-state index is 0.0124. The van der Waals surface area contributed by atoms with Gasteiger partial charge in [-0.25, -0.2) is 39.7 Å². The summed E-state index contributed by atoms with van der Waals surface area (Å²) >= 11 is 6.62. The molecule has 9 rings (SSSR count). The zero-order valence-corrected chi connectivity index (χ0v) is 36.2. The Morgan fingerprint density at radius 3 is 2.44 bits per heavy atom. The Morgan fingerprint density at radius 1 is 1.03 bits per heavy atom. The molecule has 66 heavy (non-hydrogen) atoms. The molecule has 346 valence electrons. The molecule has 2 aliphatic carbocycles. The molecule has 0 radical (unpaired) electrons. The third-order valence-corrected chi connectivity index (χ3v) is 12.5. The number of anilines is 1. The summed E-state index contributed by atoms with van der Waals surface area (Å²) in [6.07, 6.45) is -2.03. The predicted octanol–water partition coefficient (Wildman–Crippen LogP) is 7.93. The zero-order chi connectivity index (χ0) is 47.4. The van der Waals surface area contributed by atoms with Crippen molar-refractivity contribution in [3.8, 4) is 16.9 Å². The van der Waals surface area contributed by atoms with Gasteiger partial charge in [-0.15, -0.1) is 0 Å². The van der Waals surface area contributed by atoms with E-state index in [0.717, 1.165) is 27.6 Å². The molecular weight excluding hydrogens is 928 g/mol. The van der Waals surface area contributed by atoms with Crippen molar-refractivity contribution in [2.75, 3.05) is 11.0 Å². The van der Waals surface area contributed by atoms with Gasteiger partial charge in [-0.2, -0.15) is 24.1 Å². The average Bonchev–Trinajstić information content (AvgIpc) is 3.43. The van der Waals surface area contributed by atoms with Crippen molar-refractivity contribution in [1.29, 1.82) is 0 Å². The number of halogens is 9. The number of alkyl halides is 6. The van der Waals surface area contributed by atoms with Gasteiger partial charge in [0, 0.05) is 49.2 Å². The molecule has 1 fully saturated rings. The molecule has 3 atom stereocenters. The van der Waals surface area contributed by atoms with E-state index >= 15 is 13.6 Å². The van der Waals surface area contributed by atoms with Crippen LogP contribution in [-0.2, 0) is 47.3 Å². The van der Waals surface area contributed by atoms with Gasteiger partial charge < -0.3 is 5.32 Å². The van der Waals surface area contributed by atoms with Gasteiger partial charge in [0.2, 0.25) is 15.9 Å². The van der Waals surface area contributed by atoms with Crippen LogP contribution >= 0.6 is 11.6 Å². The van der Waals surface area contributed by atoms with Crippen LogP contribution in [0.15, 0.2) is 65.6 Å². The van der Waals surface area contributed by atoms with Crippen LogP contribution in [-0.4, -0.2) is 65.4 Å². The lowest BCUT2D eigenvalue weighted by Gasteiger charge is -2.24. The first kappa shape index (κ1) is 44.8. The molecule has 2 N–H and O–H groups in total. The Balaban J connectivity index is 1.24. The van der Waals surface area contributed by atoms with Gasteiger partial charge in [0.1, 0.15) is 41.9 Å². The Morgan fingerprint density at radius 2 is 1.76 bits per heavy atom. The molecule has 14 nitrogen and oxygen atoms in total. The van der Waals surface area contributed by atoms with E-state index in [1.54, 1.807) is 0 Å². The number of hydrogen-bond donors (Lipinski definition) is 2. The SMILES string of the molecule is CCC(F)(F)Cn1ccc(-c2ccc3c(=O)n(-c4ccc(Cl)c5c(NS(C)(=O)=O)nn(C)c45)c([C@H](Cc4cc(F)cc(F)c4)NC(=O)Cn4nc(C(F)F)c5c4C(F)(F)[C@@H]4C[C@H]54)nc3c2)n1. The maximum absolute atomic E-state index is 15.6. The molecule has 0 saturated heterocycles. The largest absolute Gasteiger partial charge is 0.344 e. The highest BCUT2D eigenvalue weighted by Crippen LogP contribution is 2.68. The van der Waals surface area contributed by atoms with Crippen molar-refractivity contribution in [1.82, 2.24) is 44.2 Å². The smallest absolute Gasteiger partial charge is 0.293 e. The highest BCUT2D eigenvalue weighted by atomic mass is 35.5. The van der Waals surface area contributed by atoms with E-state index in [0.29, 0.717) is 16.3 Å². The Hall–Kier alpha value is -6.36. The van der Waals surface area contributed by atoms with Crippen molar-refractivity contribution < 1.29 is 48.3 Å². The van der Waals surface area contributed by atoms with Gasteiger partial charge in [-0.05, 0) is 60.4 Å². The second kappa shape index (κ2) is 15.9. The van der Waals surface area contributed by atoms with Gasteiger partial charge in [-0.1, -0.05) is 24.6 Å². The molecule has 7 aromatic rings. The fraction of sp³-hybridized carbons (Fsp3) is 0.333. The number of carbonyl (C=O) groups excluding carboxylic acids is 1. The van der Waals surface area contributed by atoms with E-state index in [4.69, 9.17) is 16.6 Å². The van der Waals surface area contributed by atoms with E-state index in [-0.39, 0.29) is 67.4 Å². The third-order valence-electron chi connectivity index (χ3n) is 11.7. The Labute approximate surface area is 373 Å². The summed E-state index contributed by atoms with van der Waals surface area (Å²) in [5.74, 6) is -12.5. The van der Waals surface area contributed by atoms with Crippen molar-refractivity contribution in [2.45, 2.75) is 69.5 Å². The minimum Gasteiger partial charge on any atom is -0.344 e. The maximum atomic E-state index is 15.6. The number of nitrogens with one attached hydrogen (secondary N) is 2. The number of aryl methyl sites for hydroxylation is 1. The van der Waals surface area contributed by atoms with Crippen LogP contribution in [0.4, 0.5) is 40.9 Å². The molecule has 2 aliphatic rings. The monoisotopic (exact) mass is 962 g/mol. The summed E-state index contributed by atoms with van der Waals surface area (Å²) < 4.78 is 148. The van der Waals surface area contributed by atoms with Crippen LogP contribution in [0, 0.1) is 17.6 Å². The van der Waals surface area contributed by atoms with Crippen molar-refractivity contribution in [2.24, 2.45) is 13.0 Å². The van der Waals surface area contributed by atoms with Crippen molar-refractivity contribution in [3.63, 3.8) is 0 Å². The van der Waals surface area contributed by atoms with E-state index in [1.807, 2.05) is 0 Å². The number of amides is 1. The van der Waals surface area contributed by atoms with Crippen LogP contribution in [0.5, 0.6) is 0 Å². The molecule has 4 aromatic heterocycles. The van der Waals surface area contributed by atoms with Gasteiger partial charge in [0.15, 0.2) is 5.82 Å². The zero-order valence-electron chi connectivity index (χ0n) is 34.6. The second-order valence-electron chi connectivity index (χ2n) is 16.4. The Kier molecular flexibility index (Phi) is 10.8. The van der Waals surface area contributed by atoms with Crippen LogP contribution in [0.2, 0.25) is 5.02 Å². The molecule has 1 saturated carbocycles. The summed E-state index contributed by atoms with van der Waals surface area (Å²) in [6.45, 7) is -0.431. The Bertz CT molecular complexity index is 3300. The maximum Gasteiger partial charge on any atom is 0.293 e. The van der Waals surface area contributed by atoms with Crippen LogP contribution < -0.4 is 15.6 Å². The lowest BCUT2D eigenvalue weighted by Crippen LogP contribution is -2.38. The van der Waals surface area contributed by atoms with Crippen molar-refractivity contribution >= 4 is 55.2 Å². The van der Waals surface area contributed by atoms with Crippen LogP contribution in [0.3, 0.4) is 0 Å². The average molecular weight is 963 g/mol. The first-order chi connectivity index (χ1) is 31.0. The minimum atomic E-state index is -3.95. The number of rotatable bonds is 14. The number of carbonyl (C=O) groups is 1. The van der Waals surface area contributed by atoms with E-state index in [2.05, 4.69) is 25.3 Å². The molecular formula is C42H35ClF8N10O4S. The van der Waals surface area contributed by atoms with Gasteiger partial charge in [0.05, 0.1) is 50.5 Å². The molecule has 0 unspecified atom stereocenters. The van der Waals surface area contributed by atoms with Gasteiger partial charge >= 0.3 is 0 Å². The number of benzene rings is 3. The lowest BCUT2D eigenvalue weighted by molar-refractivity contribution is -0.123. The van der Waals surface area contributed by atoms with E-state index in [1.165, 1.54) is 61.2 Å². The fourth-order valence-corrected chi connectivity index (χ4v) is 9.43. The van der Waals surface area contributed by atoms with Crippen LogP contribution in [0.1, 0.15) is 66.5 Å². The molecule has 0 bridgehead atoms.